The standard InChI is InChI=1S/C31H36N4O9S2/c1-21(2)18-34(45(40,41)25-15-13-24(14-16-25)33-44-22(3)36)19-28(37)27(17-23-9-5-4-6-10-23)32-30(38)20-35-31(39)26-11-7-8-12-29(26)46(35,42)43/h4-16,21,27-28,33,37H,17-20H2,1-3H3,(H,32,38)/t27-,28+/m0/s1. The Hall–Kier alpha value is -4.31. The van der Waals surface area contributed by atoms with Crippen LogP contribution in [0, 0.1) is 5.92 Å². The van der Waals surface area contributed by atoms with Gasteiger partial charge in [-0.15, -0.1) is 0 Å². The molecule has 0 radical (unpaired) electrons. The van der Waals surface area contributed by atoms with E-state index in [0.29, 0.717) is 9.99 Å². The normalized spacial score (nSPS) is 15.3. The summed E-state index contributed by atoms with van der Waals surface area (Å²) in [6.07, 6.45) is -1.36. The lowest BCUT2D eigenvalue weighted by Crippen LogP contribution is -2.53. The number of nitrogens with zero attached hydrogens (tertiary/aromatic N) is 2. The zero-order valence-corrected chi connectivity index (χ0v) is 27.1. The van der Waals surface area contributed by atoms with Crippen molar-refractivity contribution in [1.29, 1.82) is 0 Å². The summed E-state index contributed by atoms with van der Waals surface area (Å²) in [5.41, 5.74) is 3.44. The van der Waals surface area contributed by atoms with Gasteiger partial charge in [-0.2, -0.15) is 4.31 Å². The number of hydrogen-bond donors (Lipinski definition) is 3. The first-order valence-electron chi connectivity index (χ1n) is 14.4. The van der Waals surface area contributed by atoms with E-state index in [0.717, 1.165) is 9.87 Å². The van der Waals surface area contributed by atoms with Crippen molar-refractivity contribution >= 4 is 43.5 Å². The SMILES string of the molecule is CC(=O)ONc1ccc(S(=O)(=O)N(CC(C)C)C[C@@H](O)[C@H](Cc2ccccc2)NC(=O)CN2C(=O)c3ccccc3S2(=O)=O)cc1. The Morgan fingerprint density at radius 1 is 0.957 bits per heavy atom. The van der Waals surface area contributed by atoms with Gasteiger partial charge in [0.05, 0.1) is 28.3 Å². The average molecular weight is 673 g/mol. The van der Waals surface area contributed by atoms with Gasteiger partial charge in [-0.1, -0.05) is 56.3 Å². The van der Waals surface area contributed by atoms with Crippen LogP contribution in [0.5, 0.6) is 0 Å². The Kier molecular flexibility index (Phi) is 10.8. The maximum absolute atomic E-state index is 13.7. The predicted molar refractivity (Wildman–Crippen MR) is 168 cm³/mol. The molecule has 2 amide bonds. The second kappa shape index (κ2) is 14.4. The lowest BCUT2D eigenvalue weighted by molar-refractivity contribution is -0.138. The predicted octanol–water partition coefficient (Wildman–Crippen LogP) is 2.16. The molecule has 0 spiro atoms. The second-order valence-electron chi connectivity index (χ2n) is 11.2. The third-order valence-corrected chi connectivity index (χ3v) is 10.7. The lowest BCUT2D eigenvalue weighted by atomic mass is 10.0. The van der Waals surface area contributed by atoms with Crippen molar-refractivity contribution in [2.24, 2.45) is 5.92 Å². The molecule has 246 valence electrons. The lowest BCUT2D eigenvalue weighted by Gasteiger charge is -2.31. The number of nitrogens with one attached hydrogen (secondary N) is 2. The number of aliphatic hydroxyl groups is 1. The van der Waals surface area contributed by atoms with Crippen LogP contribution in [0.25, 0.3) is 0 Å². The topological polar surface area (TPSA) is 179 Å². The van der Waals surface area contributed by atoms with E-state index in [2.05, 4.69) is 10.8 Å². The van der Waals surface area contributed by atoms with Crippen molar-refractivity contribution in [2.45, 2.75) is 49.1 Å². The molecule has 0 saturated heterocycles. The van der Waals surface area contributed by atoms with Crippen LogP contribution in [-0.2, 0) is 40.9 Å². The van der Waals surface area contributed by atoms with Crippen LogP contribution in [0.1, 0.15) is 36.7 Å². The first kappa shape index (κ1) is 34.6. The summed E-state index contributed by atoms with van der Waals surface area (Å²) in [7, 11) is -8.41. The first-order valence-corrected chi connectivity index (χ1v) is 17.3. The minimum atomic E-state index is -4.26. The quantitative estimate of drug-likeness (QED) is 0.215. The molecule has 3 N–H and O–H groups in total. The highest BCUT2D eigenvalue weighted by Gasteiger charge is 2.42. The highest BCUT2D eigenvalue weighted by Crippen LogP contribution is 2.29. The Labute approximate surface area is 268 Å². The van der Waals surface area contributed by atoms with Gasteiger partial charge in [0.15, 0.2) is 0 Å². The van der Waals surface area contributed by atoms with E-state index in [4.69, 9.17) is 4.84 Å². The molecule has 2 atom stereocenters. The molecule has 3 aromatic carbocycles. The van der Waals surface area contributed by atoms with Crippen molar-refractivity contribution in [3.8, 4) is 0 Å². The van der Waals surface area contributed by atoms with Crippen LogP contribution in [-0.4, -0.2) is 80.1 Å². The monoisotopic (exact) mass is 672 g/mol. The molecule has 1 aliphatic rings. The number of aliphatic hydroxyl groups excluding tert-OH is 1. The highest BCUT2D eigenvalue weighted by molar-refractivity contribution is 7.90. The van der Waals surface area contributed by atoms with E-state index >= 15 is 0 Å². The molecule has 15 heteroatoms. The Morgan fingerprint density at radius 2 is 1.59 bits per heavy atom. The summed E-state index contributed by atoms with van der Waals surface area (Å²) >= 11 is 0. The number of fused-ring (bicyclic) bond motifs is 1. The van der Waals surface area contributed by atoms with E-state index < -0.39 is 63.1 Å². The van der Waals surface area contributed by atoms with Crippen LogP contribution >= 0.6 is 0 Å². The summed E-state index contributed by atoms with van der Waals surface area (Å²) in [6.45, 7) is 3.65. The van der Waals surface area contributed by atoms with Gasteiger partial charge in [-0.3, -0.25) is 14.4 Å². The van der Waals surface area contributed by atoms with E-state index in [1.807, 2.05) is 13.8 Å². The zero-order chi connectivity index (χ0) is 33.6. The molecule has 1 heterocycles. The fourth-order valence-electron chi connectivity index (χ4n) is 4.91. The average Bonchev–Trinajstić information content (AvgIpc) is 3.20. The highest BCUT2D eigenvalue weighted by atomic mass is 32.2. The van der Waals surface area contributed by atoms with Gasteiger partial charge < -0.3 is 15.3 Å². The van der Waals surface area contributed by atoms with Crippen molar-refractivity contribution in [1.82, 2.24) is 13.9 Å². The molecular weight excluding hydrogens is 636 g/mol. The second-order valence-corrected chi connectivity index (χ2v) is 14.9. The third-order valence-electron chi connectivity index (χ3n) is 7.07. The summed E-state index contributed by atoms with van der Waals surface area (Å²) in [5.74, 6) is -2.40. The molecule has 0 bridgehead atoms. The molecule has 3 aromatic rings. The Bertz CT molecular complexity index is 1780. The van der Waals surface area contributed by atoms with E-state index in [1.54, 1.807) is 30.3 Å². The number of amides is 2. The minimum Gasteiger partial charge on any atom is -0.390 e. The first-order chi connectivity index (χ1) is 21.7. The van der Waals surface area contributed by atoms with Crippen molar-refractivity contribution in [3.63, 3.8) is 0 Å². The number of carbonyl (C=O) groups is 3. The van der Waals surface area contributed by atoms with E-state index in [-0.39, 0.29) is 34.2 Å². The van der Waals surface area contributed by atoms with Crippen molar-refractivity contribution in [3.05, 3.63) is 90.0 Å². The van der Waals surface area contributed by atoms with Crippen LogP contribution in [0.4, 0.5) is 5.69 Å². The van der Waals surface area contributed by atoms with Gasteiger partial charge in [-0.25, -0.2) is 26.6 Å². The van der Waals surface area contributed by atoms with Crippen LogP contribution in [0.3, 0.4) is 0 Å². The summed E-state index contributed by atoms with van der Waals surface area (Å²) in [4.78, 5) is 41.6. The number of anilines is 1. The number of carbonyl (C=O) groups excluding carboxylic acids is 3. The van der Waals surface area contributed by atoms with Gasteiger partial charge >= 0.3 is 5.97 Å². The largest absolute Gasteiger partial charge is 0.390 e. The number of rotatable bonds is 14. The smallest absolute Gasteiger partial charge is 0.329 e. The van der Waals surface area contributed by atoms with Gasteiger partial charge in [0.25, 0.3) is 15.9 Å². The van der Waals surface area contributed by atoms with E-state index in [1.165, 1.54) is 55.5 Å². The van der Waals surface area contributed by atoms with E-state index in [9.17, 15) is 36.3 Å². The van der Waals surface area contributed by atoms with Gasteiger partial charge in [-0.05, 0) is 54.3 Å². The van der Waals surface area contributed by atoms with Crippen LogP contribution < -0.4 is 10.8 Å². The maximum Gasteiger partial charge on any atom is 0.329 e. The molecule has 1 aliphatic heterocycles. The molecule has 4 rings (SSSR count). The third kappa shape index (κ3) is 8.09. The van der Waals surface area contributed by atoms with Crippen LogP contribution in [0.2, 0.25) is 0 Å². The Morgan fingerprint density at radius 3 is 2.20 bits per heavy atom. The molecule has 0 aliphatic carbocycles. The molecule has 0 saturated carbocycles. The maximum atomic E-state index is 13.7. The van der Waals surface area contributed by atoms with Crippen molar-refractivity contribution < 1.29 is 41.2 Å². The Balaban J connectivity index is 1.56. The molecule has 13 nitrogen and oxygen atoms in total. The molecule has 0 fully saturated rings. The van der Waals surface area contributed by atoms with Crippen LogP contribution in [0.15, 0.2) is 88.7 Å². The minimum absolute atomic E-state index is 0.0393. The van der Waals surface area contributed by atoms with Gasteiger partial charge in [0, 0.05) is 20.0 Å². The fraction of sp³-hybridized carbons (Fsp3) is 0.323. The van der Waals surface area contributed by atoms with Crippen molar-refractivity contribution in [2.75, 3.05) is 25.1 Å². The number of hydrogen-bond acceptors (Lipinski definition) is 10. The summed E-state index contributed by atoms with van der Waals surface area (Å²) in [6, 6.07) is 19.0. The number of sulfonamides is 2. The van der Waals surface area contributed by atoms with Gasteiger partial charge in [0.2, 0.25) is 15.9 Å². The van der Waals surface area contributed by atoms with Gasteiger partial charge in [0.1, 0.15) is 11.4 Å². The molecular formula is C31H36N4O9S2. The molecule has 0 aromatic heterocycles. The fourth-order valence-corrected chi connectivity index (χ4v) is 8.06. The number of benzene rings is 3. The zero-order valence-electron chi connectivity index (χ0n) is 25.5. The molecule has 46 heavy (non-hydrogen) atoms. The summed E-state index contributed by atoms with van der Waals surface area (Å²) < 4.78 is 55.1. The molecule has 0 unspecified atom stereocenters. The summed E-state index contributed by atoms with van der Waals surface area (Å²) in [5, 5.41) is 14.1.